The van der Waals surface area contributed by atoms with E-state index in [1.807, 2.05) is 5.32 Å². The minimum Gasteiger partial charge on any atom is -0.481 e. The van der Waals surface area contributed by atoms with Crippen LogP contribution in [0.3, 0.4) is 0 Å². The van der Waals surface area contributed by atoms with E-state index in [2.05, 4.69) is 15.6 Å². The van der Waals surface area contributed by atoms with E-state index in [0.717, 1.165) is 6.92 Å². The fraction of sp³-hybridized carbons (Fsp3) is 0.632. The summed E-state index contributed by atoms with van der Waals surface area (Å²) in [6.07, 6.45) is -2.76. The van der Waals surface area contributed by atoms with Gasteiger partial charge in [0.05, 0.1) is 18.6 Å². The first-order valence-corrected chi connectivity index (χ1v) is 10.8. The highest BCUT2D eigenvalue weighted by Gasteiger charge is 2.33. The number of aliphatic imine (C=N–C) groups is 1. The summed E-state index contributed by atoms with van der Waals surface area (Å²) in [4.78, 5) is 74.7. The SMILES string of the molecule is CC(O)C(NC(=O)C(CCC(=O)O)NC(=O)C(N)CCCN=C(N)N)C(=O)NC(CC(N)=O)C(=O)O. The first kappa shape index (κ1) is 32.0. The highest BCUT2D eigenvalue weighted by molar-refractivity contribution is 5.95. The van der Waals surface area contributed by atoms with Crippen LogP contribution in [0.5, 0.6) is 0 Å². The minimum atomic E-state index is -1.73. The minimum absolute atomic E-state index is 0.130. The largest absolute Gasteiger partial charge is 0.481 e. The Bertz CT molecular complexity index is 845. The van der Waals surface area contributed by atoms with Crippen molar-refractivity contribution in [2.24, 2.45) is 27.9 Å². The molecule has 0 aromatic rings. The first-order chi connectivity index (χ1) is 16.6. The summed E-state index contributed by atoms with van der Waals surface area (Å²) >= 11 is 0. The molecule has 36 heavy (non-hydrogen) atoms. The van der Waals surface area contributed by atoms with Crippen molar-refractivity contribution < 1.29 is 44.1 Å². The number of aliphatic hydroxyl groups is 1. The van der Waals surface area contributed by atoms with Gasteiger partial charge < -0.3 is 54.2 Å². The normalized spacial score (nSPS) is 14.8. The maximum atomic E-state index is 12.8. The Kier molecular flexibility index (Phi) is 14.1. The second-order valence-electron chi connectivity index (χ2n) is 7.85. The molecule has 0 radical (unpaired) electrons. The van der Waals surface area contributed by atoms with Gasteiger partial charge in [0.15, 0.2) is 5.96 Å². The Morgan fingerprint density at radius 3 is 1.92 bits per heavy atom. The third kappa shape index (κ3) is 13.0. The number of primary amides is 1. The number of hydrogen-bond acceptors (Lipinski definition) is 9. The van der Waals surface area contributed by atoms with Crippen molar-refractivity contribution in [1.29, 1.82) is 0 Å². The number of nitrogens with zero attached hydrogens (tertiary/aromatic N) is 1. The summed E-state index contributed by atoms with van der Waals surface area (Å²) in [5, 5.41) is 34.5. The van der Waals surface area contributed by atoms with E-state index >= 15 is 0 Å². The average molecular weight is 519 g/mol. The Labute approximate surface area is 206 Å². The van der Waals surface area contributed by atoms with E-state index in [9.17, 15) is 33.9 Å². The Morgan fingerprint density at radius 2 is 1.44 bits per heavy atom. The number of carboxylic acids is 2. The summed E-state index contributed by atoms with van der Waals surface area (Å²) in [6.45, 7) is 1.32. The lowest BCUT2D eigenvalue weighted by atomic mass is 10.1. The van der Waals surface area contributed by atoms with E-state index in [0.29, 0.717) is 6.42 Å². The molecule has 0 aromatic heterocycles. The van der Waals surface area contributed by atoms with Gasteiger partial charge in [0.1, 0.15) is 18.1 Å². The molecule has 204 valence electrons. The number of hydrogen-bond donors (Lipinski definition) is 10. The predicted octanol–water partition coefficient (Wildman–Crippen LogP) is -4.97. The van der Waals surface area contributed by atoms with Crippen molar-refractivity contribution in [1.82, 2.24) is 16.0 Å². The molecule has 0 saturated carbocycles. The summed E-state index contributed by atoms with van der Waals surface area (Å²) < 4.78 is 0. The van der Waals surface area contributed by atoms with Crippen molar-refractivity contribution in [2.45, 2.75) is 69.3 Å². The lowest BCUT2D eigenvalue weighted by Gasteiger charge is -2.26. The fourth-order valence-electron chi connectivity index (χ4n) is 2.79. The number of carbonyl (C=O) groups excluding carboxylic acids is 4. The third-order valence-corrected chi connectivity index (χ3v) is 4.67. The molecule has 0 rings (SSSR count). The second kappa shape index (κ2) is 15.8. The maximum Gasteiger partial charge on any atom is 0.326 e. The Morgan fingerprint density at radius 1 is 0.861 bits per heavy atom. The maximum absolute atomic E-state index is 12.8. The smallest absolute Gasteiger partial charge is 0.326 e. The zero-order valence-corrected chi connectivity index (χ0v) is 19.7. The molecule has 0 spiro atoms. The molecule has 17 nitrogen and oxygen atoms in total. The molecule has 0 aliphatic heterocycles. The Hall–Kier alpha value is -3.99. The number of guanidine groups is 1. The van der Waals surface area contributed by atoms with E-state index in [4.69, 9.17) is 33.1 Å². The quantitative estimate of drug-likeness (QED) is 0.0491. The monoisotopic (exact) mass is 518 g/mol. The van der Waals surface area contributed by atoms with Gasteiger partial charge in [0, 0.05) is 13.0 Å². The Balaban J connectivity index is 5.42. The number of rotatable bonds is 17. The number of carbonyl (C=O) groups is 6. The molecule has 4 amide bonds. The first-order valence-electron chi connectivity index (χ1n) is 10.8. The van der Waals surface area contributed by atoms with Crippen molar-refractivity contribution in [3.63, 3.8) is 0 Å². The van der Waals surface area contributed by atoms with Crippen LogP contribution in [-0.4, -0.2) is 93.7 Å². The number of amides is 4. The zero-order valence-electron chi connectivity index (χ0n) is 19.7. The number of carboxylic acid groups (broad SMARTS) is 2. The van der Waals surface area contributed by atoms with Gasteiger partial charge in [0.25, 0.3) is 0 Å². The fourth-order valence-corrected chi connectivity index (χ4v) is 2.79. The van der Waals surface area contributed by atoms with Crippen LogP contribution in [0.4, 0.5) is 0 Å². The van der Waals surface area contributed by atoms with Gasteiger partial charge in [-0.25, -0.2) is 4.79 Å². The molecule has 0 bridgehead atoms. The van der Waals surface area contributed by atoms with Crippen molar-refractivity contribution in [3.05, 3.63) is 0 Å². The molecule has 0 saturated heterocycles. The molecule has 0 fully saturated rings. The summed E-state index contributed by atoms with van der Waals surface area (Å²) in [5.41, 5.74) is 21.1. The molecule has 5 unspecified atom stereocenters. The van der Waals surface area contributed by atoms with Gasteiger partial charge in [-0.05, 0) is 26.2 Å². The average Bonchev–Trinajstić information content (AvgIpc) is 2.75. The standard InChI is InChI=1S/C19H34N8O9/c1-8(28)14(17(34)26-11(18(35)36)7-12(21)29)27-16(33)10(4-5-13(30)31)25-15(32)9(20)3-2-6-24-19(22)23/h8-11,14,28H,2-7,20H2,1H3,(H2,21,29)(H,25,32)(H,26,34)(H,27,33)(H,30,31)(H,35,36)(H4,22,23,24). The molecular formula is C19H34N8O9. The molecule has 0 aliphatic carbocycles. The van der Waals surface area contributed by atoms with Gasteiger partial charge in [-0.3, -0.25) is 29.0 Å². The predicted molar refractivity (Wildman–Crippen MR) is 124 cm³/mol. The van der Waals surface area contributed by atoms with Crippen LogP contribution in [-0.2, 0) is 28.8 Å². The van der Waals surface area contributed by atoms with Crippen LogP contribution < -0.4 is 38.9 Å². The van der Waals surface area contributed by atoms with Gasteiger partial charge in [-0.15, -0.1) is 0 Å². The topological polar surface area (TPSA) is 316 Å². The number of aliphatic carboxylic acids is 2. The van der Waals surface area contributed by atoms with Gasteiger partial charge in [-0.2, -0.15) is 0 Å². The summed E-state index contributed by atoms with van der Waals surface area (Å²) in [6, 6.07) is -6.01. The highest BCUT2D eigenvalue weighted by atomic mass is 16.4. The molecule has 0 aromatic carbocycles. The number of nitrogens with one attached hydrogen (secondary N) is 3. The van der Waals surface area contributed by atoms with Crippen molar-refractivity contribution >= 4 is 41.5 Å². The van der Waals surface area contributed by atoms with Crippen molar-refractivity contribution in [3.8, 4) is 0 Å². The number of aliphatic hydroxyl groups excluding tert-OH is 1. The van der Waals surface area contributed by atoms with Gasteiger partial charge in [-0.1, -0.05) is 0 Å². The second-order valence-corrected chi connectivity index (χ2v) is 7.85. The van der Waals surface area contributed by atoms with Gasteiger partial charge in [0.2, 0.25) is 23.6 Å². The molecule has 17 heteroatoms. The van der Waals surface area contributed by atoms with Crippen LogP contribution >= 0.6 is 0 Å². The summed E-state index contributed by atoms with van der Waals surface area (Å²) in [5.74, 6) is -7.02. The molecule has 14 N–H and O–H groups in total. The van der Waals surface area contributed by atoms with E-state index in [-0.39, 0.29) is 25.3 Å². The summed E-state index contributed by atoms with van der Waals surface area (Å²) in [7, 11) is 0. The van der Waals surface area contributed by atoms with Crippen LogP contribution in [0, 0.1) is 0 Å². The third-order valence-electron chi connectivity index (χ3n) is 4.67. The van der Waals surface area contributed by atoms with Crippen LogP contribution in [0.1, 0.15) is 39.0 Å². The number of nitrogens with two attached hydrogens (primary N) is 4. The van der Waals surface area contributed by atoms with Gasteiger partial charge >= 0.3 is 11.9 Å². The molecule has 0 heterocycles. The van der Waals surface area contributed by atoms with Crippen LogP contribution in [0.25, 0.3) is 0 Å². The zero-order chi connectivity index (χ0) is 28.0. The van der Waals surface area contributed by atoms with Crippen molar-refractivity contribution in [2.75, 3.05) is 6.54 Å². The van der Waals surface area contributed by atoms with Crippen LogP contribution in [0.15, 0.2) is 4.99 Å². The molecule has 5 atom stereocenters. The van der Waals surface area contributed by atoms with E-state index in [1.165, 1.54) is 0 Å². The molecule has 0 aliphatic rings. The highest BCUT2D eigenvalue weighted by Crippen LogP contribution is 2.04. The van der Waals surface area contributed by atoms with Crippen LogP contribution in [0.2, 0.25) is 0 Å². The molecular weight excluding hydrogens is 484 g/mol. The van der Waals surface area contributed by atoms with E-state index in [1.54, 1.807) is 0 Å². The lowest BCUT2D eigenvalue weighted by molar-refractivity contribution is -0.144. The van der Waals surface area contributed by atoms with E-state index < -0.39 is 78.7 Å². The lowest BCUT2D eigenvalue weighted by Crippen LogP contribution is -2.60.